The van der Waals surface area contributed by atoms with Crippen molar-refractivity contribution in [2.24, 2.45) is 0 Å². The molecule has 0 atom stereocenters. The summed E-state index contributed by atoms with van der Waals surface area (Å²) < 4.78 is 48.0. The average Bonchev–Trinajstić information content (AvgIpc) is 1.62. The van der Waals surface area contributed by atoms with Crippen LogP contribution in [0.3, 0.4) is 0 Å². The highest BCUT2D eigenvalue weighted by Crippen LogP contribution is 2.41. The Morgan fingerprint density at radius 2 is 0.741 bits per heavy atom. The minimum absolute atomic E-state index is 0.0985. The zero-order valence-electron chi connectivity index (χ0n) is 81.0. The molecule has 40 heteroatoms. The number of thioether (sulfide) groups is 1. The molecule has 10 heterocycles. The van der Waals surface area contributed by atoms with Crippen LogP contribution in [0.15, 0.2) is 274 Å². The van der Waals surface area contributed by atoms with E-state index in [4.69, 9.17) is 73.0 Å². The van der Waals surface area contributed by atoms with Gasteiger partial charge < -0.3 is 33.5 Å². The zero-order chi connectivity index (χ0) is 104. The van der Waals surface area contributed by atoms with Gasteiger partial charge in [0.2, 0.25) is 11.6 Å². The lowest BCUT2D eigenvalue weighted by Gasteiger charge is -2.14. The molecule has 2 N–H and O–H groups in total. The van der Waals surface area contributed by atoms with Gasteiger partial charge in [-0.25, -0.2) is 62.3 Å². The number of aryl methyl sites for hydroxylation is 6. The molecule has 0 spiro atoms. The fourth-order valence-corrected chi connectivity index (χ4v) is 18.8. The normalized spacial score (nSPS) is 11.0. The predicted octanol–water partition coefficient (Wildman–Crippen LogP) is 26.0. The van der Waals surface area contributed by atoms with E-state index in [-0.39, 0.29) is 79.0 Å². The van der Waals surface area contributed by atoms with E-state index in [2.05, 4.69) is 127 Å². The van der Waals surface area contributed by atoms with Gasteiger partial charge in [-0.2, -0.15) is 48.6 Å². The number of nitrogens with zero attached hydrogens (tertiary/aromatic N) is 20. The second-order valence-corrected chi connectivity index (χ2v) is 38.6. The molecule has 0 aliphatic carbocycles. The van der Waals surface area contributed by atoms with Gasteiger partial charge >= 0.3 is 29.8 Å². The van der Waals surface area contributed by atoms with Crippen molar-refractivity contribution in [3.63, 3.8) is 0 Å². The number of ether oxygens (including phenoxy) is 3. The molecule has 0 amide bonds. The number of hydrogen-bond acceptors (Lipinski definition) is 29. The van der Waals surface area contributed by atoms with Gasteiger partial charge in [0.1, 0.15) is 39.4 Å². The third-order valence-electron chi connectivity index (χ3n) is 22.2. The molecule has 0 saturated heterocycles. The van der Waals surface area contributed by atoms with Crippen LogP contribution in [0.2, 0.25) is 15.1 Å². The smallest absolute Gasteiger partial charge is 0.359 e. The van der Waals surface area contributed by atoms with Crippen molar-refractivity contribution in [1.29, 1.82) is 0 Å². The number of esters is 3. The Morgan fingerprint density at radius 1 is 0.395 bits per heavy atom. The summed E-state index contributed by atoms with van der Waals surface area (Å²) in [6.07, 6.45) is 1.88. The Balaban J connectivity index is 0.000000131. The zero-order valence-corrected chi connectivity index (χ0v) is 88.1. The second kappa shape index (κ2) is 47.0. The average molecular weight is 2160 g/mol. The monoisotopic (exact) mass is 2160 g/mol. The molecule has 0 aliphatic rings. The van der Waals surface area contributed by atoms with E-state index < -0.39 is 29.8 Å². The highest BCUT2D eigenvalue weighted by Gasteiger charge is 2.33. The fourth-order valence-electron chi connectivity index (χ4n) is 15.3. The summed E-state index contributed by atoms with van der Waals surface area (Å²) in [5.74, 6) is -0.172. The summed E-state index contributed by atoms with van der Waals surface area (Å²) in [4.78, 5) is 83.3. The van der Waals surface area contributed by atoms with Crippen LogP contribution in [-0.2, 0) is 14.2 Å². The number of halogens is 4. The molecule has 0 fully saturated rings. The minimum Gasteiger partial charge on any atom is -0.476 e. The number of aromatic nitrogens is 20. The van der Waals surface area contributed by atoms with E-state index >= 15 is 0 Å². The van der Waals surface area contributed by atoms with Crippen LogP contribution >= 0.6 is 97.1 Å². The summed E-state index contributed by atoms with van der Waals surface area (Å²) in [6.45, 7) is 22.6. The van der Waals surface area contributed by atoms with Gasteiger partial charge in [-0.05, 0) is 219 Å². The number of rotatable bonds is 25. The lowest BCUT2D eigenvalue weighted by Crippen LogP contribution is -2.08. The number of carboxylic acid groups (broad SMARTS) is 2. The first-order valence-electron chi connectivity index (χ1n) is 45.5. The van der Waals surface area contributed by atoms with E-state index in [9.17, 15) is 34.2 Å². The van der Waals surface area contributed by atoms with Gasteiger partial charge in [0.25, 0.3) is 11.8 Å². The van der Waals surface area contributed by atoms with Gasteiger partial charge in [0, 0.05) is 46.0 Å². The highest BCUT2D eigenvalue weighted by molar-refractivity contribution is 9.10. The number of aromatic carboxylic acids is 2. The third-order valence-corrected chi connectivity index (χ3v) is 26.5. The first kappa shape index (κ1) is 104. The number of hydrogen-bond donors (Lipinski definition) is 2. The maximum Gasteiger partial charge on any atom is 0.359 e. The van der Waals surface area contributed by atoms with Gasteiger partial charge in [0.05, 0.1) is 56.7 Å². The van der Waals surface area contributed by atoms with Crippen LogP contribution in [0.25, 0.3) is 141 Å². The van der Waals surface area contributed by atoms with Crippen LogP contribution in [0.5, 0.6) is 0 Å². The van der Waals surface area contributed by atoms with E-state index in [1.165, 1.54) is 62.8 Å². The molecular weight excluding hydrogens is 2070 g/mol. The number of methoxy groups -OCH3 is 1. The molecule has 0 bridgehead atoms. The third kappa shape index (κ3) is 23.9. The van der Waals surface area contributed by atoms with Crippen molar-refractivity contribution in [1.82, 2.24) is 97.3 Å². The van der Waals surface area contributed by atoms with Crippen molar-refractivity contribution < 1.29 is 57.4 Å². The van der Waals surface area contributed by atoms with Crippen LogP contribution in [0, 0.1) is 41.5 Å². The maximum atomic E-state index is 12.6. The van der Waals surface area contributed by atoms with Gasteiger partial charge in [0.15, 0.2) is 61.0 Å². The molecular formula is C107H90BrCl3N20O12S4. The van der Waals surface area contributed by atoms with Crippen molar-refractivity contribution in [2.75, 3.05) is 25.9 Å². The number of carbonyl (C=O) groups excluding carboxylic acids is 3. The molecule has 10 aromatic heterocycles. The summed E-state index contributed by atoms with van der Waals surface area (Å²) in [5.41, 5.74) is 19.7. The molecule has 0 saturated carbocycles. The lowest BCUT2D eigenvalue weighted by atomic mass is 10.0. The Kier molecular flexibility index (Phi) is 33.3. The molecule has 32 nitrogen and oxygen atoms in total. The topological polar surface area (TPSA) is 398 Å². The summed E-state index contributed by atoms with van der Waals surface area (Å²) in [6, 6.07) is 82.3. The molecule has 742 valence electrons. The molecule has 10 aromatic carbocycles. The lowest BCUT2D eigenvalue weighted by molar-refractivity contribution is 0.0516. The van der Waals surface area contributed by atoms with Gasteiger partial charge in [-0.15, -0.1) is 11.8 Å². The van der Waals surface area contributed by atoms with E-state index in [1.807, 2.05) is 218 Å². The Hall–Kier alpha value is -15.7. The highest BCUT2D eigenvalue weighted by atomic mass is 79.9. The standard InChI is InChI=1S/C24H24N4O2S2.C24H24N4O2S.C21H18N4O2S.C19H12BrClN4O3.C19H12Cl2N4O3/c1-15(2)18-10-5-6-11-20(18)28-21(13-19(26-28)24(29)30-14-31-4)23-25-22(27-32-23)17-9-7-8-16(3)12-17;1-5-30-24(29)19-14-21(28(26-19)20-12-7-6-11-18(20)15(2)3)23-25-22(27-31-23)17-10-8-9-16(4)13-17;1-13-7-6-9-15(11-13)19-22-20(28-24-19)18-12-16(21(26)27-3)23-25(18)17-10-5-4-8-14(17)2;1-10-5-4-6-11(9-10)18-22-17(24-28-18)16-14(20)15(19(26)27)23-25(16)13-8-3-2-7-12(13)21;1-10-5-4-6-11(9-10)18-22-17(24-28-18)16-14(21)15(19(26)27)23-25(16)13-8-3-2-7-12(13)20/h5-13,15H,14H2,1-4H3;6-15H,5H2,1-4H3;4-12H,1-3H3;2*2-9H,1H3,(H,26,27). The maximum absolute atomic E-state index is 12.6. The Bertz CT molecular complexity index is 8050. The Morgan fingerprint density at radius 3 is 1.12 bits per heavy atom. The van der Waals surface area contributed by atoms with Gasteiger partial charge in [-0.1, -0.05) is 258 Å². The van der Waals surface area contributed by atoms with Crippen molar-refractivity contribution in [3.05, 3.63) is 353 Å². The van der Waals surface area contributed by atoms with Crippen LogP contribution in [0.1, 0.15) is 143 Å². The second-order valence-electron chi connectivity index (χ2n) is 33.6. The molecule has 0 radical (unpaired) electrons. The van der Waals surface area contributed by atoms with Crippen LogP contribution in [0.4, 0.5) is 0 Å². The van der Waals surface area contributed by atoms with Gasteiger partial charge in [-0.3, -0.25) is 0 Å². The van der Waals surface area contributed by atoms with Crippen molar-refractivity contribution in [2.45, 2.75) is 88.0 Å². The first-order valence-corrected chi connectivity index (χ1v) is 51.1. The molecule has 20 aromatic rings. The van der Waals surface area contributed by atoms with Crippen LogP contribution < -0.4 is 0 Å². The number of benzene rings is 10. The quantitative estimate of drug-likeness (QED) is 0.0305. The number of para-hydroxylation sites is 5. The van der Waals surface area contributed by atoms with Crippen molar-refractivity contribution >= 4 is 127 Å². The van der Waals surface area contributed by atoms with E-state index in [0.717, 1.165) is 89.4 Å². The van der Waals surface area contributed by atoms with E-state index in [0.29, 0.717) is 89.2 Å². The fraction of sp³-hybridized carbons (Fsp3) is 0.159. The molecule has 0 aliphatic heterocycles. The minimum atomic E-state index is -1.28. The largest absolute Gasteiger partial charge is 0.476 e. The summed E-state index contributed by atoms with van der Waals surface area (Å²) >= 11 is 27.5. The first-order chi connectivity index (χ1) is 70.9. The summed E-state index contributed by atoms with van der Waals surface area (Å²) in [7, 11) is 1.34. The molecule has 20 rings (SSSR count). The van der Waals surface area contributed by atoms with Crippen LogP contribution in [-0.4, -0.2) is 163 Å². The Labute approximate surface area is 882 Å². The SMILES string of the molecule is CCOC(=O)c1cc(-c2nc(-c3cccc(C)c3)ns2)n(-c2ccccc2C(C)C)n1.COC(=O)c1cc(-c2nc(-c3cccc(C)c3)ns2)n(-c2ccccc2C)n1.CSCOC(=O)c1cc(-c2nc(-c3cccc(C)c3)ns2)n(-c2ccccc2C(C)C)n1.Cc1cccc(-c2nc(-c3c(Br)c(C(=O)O)nn3-c3ccccc3Cl)no2)c1.Cc1cccc(-c2nc(-c3c(Cl)c(C(=O)O)nn3-c3ccccc3Cl)no2)c1. The number of carboxylic acids is 2. The van der Waals surface area contributed by atoms with Crippen molar-refractivity contribution in [3.8, 4) is 141 Å². The molecule has 0 unspecified atom stereocenters. The summed E-state index contributed by atoms with van der Waals surface area (Å²) in [5, 5.41) is 51.6. The predicted molar refractivity (Wildman–Crippen MR) is 573 cm³/mol. The van der Waals surface area contributed by atoms with E-state index in [1.54, 1.807) is 87.7 Å². The number of carbonyl (C=O) groups is 5. The molecule has 147 heavy (non-hydrogen) atoms.